The summed E-state index contributed by atoms with van der Waals surface area (Å²) in [5, 5.41) is 4.03. The predicted octanol–water partition coefficient (Wildman–Crippen LogP) is 1.86. The molecule has 1 aliphatic heterocycles. The molecule has 2 nitrogen and oxygen atoms in total. The molecule has 74 valence electrons. The summed E-state index contributed by atoms with van der Waals surface area (Å²) in [6.45, 7) is 3.02. The van der Waals surface area contributed by atoms with Crippen LogP contribution in [0.25, 0.3) is 0 Å². The van der Waals surface area contributed by atoms with Gasteiger partial charge in [0.15, 0.2) is 5.11 Å². The van der Waals surface area contributed by atoms with Gasteiger partial charge in [0.2, 0.25) is 0 Å². The second-order valence-electron chi connectivity index (χ2n) is 3.72. The molecule has 1 N–H and O–H groups in total. The quantitative estimate of drug-likeness (QED) is 0.706. The predicted molar refractivity (Wildman–Crippen MR) is 62.3 cm³/mol. The van der Waals surface area contributed by atoms with Gasteiger partial charge in [-0.3, -0.25) is 0 Å². The van der Waals surface area contributed by atoms with Gasteiger partial charge >= 0.3 is 0 Å². The van der Waals surface area contributed by atoms with E-state index in [4.69, 9.17) is 12.2 Å². The second kappa shape index (κ2) is 3.58. The lowest BCUT2D eigenvalue weighted by atomic mass is 10.1. The van der Waals surface area contributed by atoms with Crippen LogP contribution in [0.1, 0.15) is 17.2 Å². The molecule has 0 saturated carbocycles. The largest absolute Gasteiger partial charge is 0.360 e. The Morgan fingerprint density at radius 2 is 2.00 bits per heavy atom. The van der Waals surface area contributed by atoms with Crippen LogP contribution in [-0.4, -0.2) is 23.6 Å². The first-order valence-electron chi connectivity index (χ1n) is 4.75. The summed E-state index contributed by atoms with van der Waals surface area (Å²) in [6, 6.07) is 9.02. The van der Waals surface area contributed by atoms with E-state index in [0.717, 1.165) is 11.7 Å². The summed E-state index contributed by atoms with van der Waals surface area (Å²) in [6.07, 6.45) is 0. The van der Waals surface area contributed by atoms with Crippen LogP contribution in [0.5, 0.6) is 0 Å². The number of nitrogens with zero attached hydrogens (tertiary/aromatic N) is 1. The average molecular weight is 206 g/mol. The van der Waals surface area contributed by atoms with Crippen LogP contribution in [0.4, 0.5) is 0 Å². The molecule has 2 rings (SSSR count). The highest BCUT2D eigenvalue weighted by Crippen LogP contribution is 2.22. The van der Waals surface area contributed by atoms with Gasteiger partial charge in [0.1, 0.15) is 0 Å². The van der Waals surface area contributed by atoms with Gasteiger partial charge in [-0.25, -0.2) is 0 Å². The van der Waals surface area contributed by atoms with Crippen LogP contribution in [-0.2, 0) is 0 Å². The SMILES string of the molecule is Cc1ccc([C@@H]2CNC(=S)N2C)cc1. The van der Waals surface area contributed by atoms with E-state index in [1.54, 1.807) is 0 Å². The Morgan fingerprint density at radius 3 is 2.50 bits per heavy atom. The van der Waals surface area contributed by atoms with Crippen molar-refractivity contribution in [3.8, 4) is 0 Å². The summed E-state index contributed by atoms with van der Waals surface area (Å²) >= 11 is 5.16. The van der Waals surface area contributed by atoms with Gasteiger partial charge in [-0.1, -0.05) is 29.8 Å². The first-order valence-corrected chi connectivity index (χ1v) is 5.16. The highest BCUT2D eigenvalue weighted by Gasteiger charge is 2.25. The van der Waals surface area contributed by atoms with E-state index in [9.17, 15) is 0 Å². The van der Waals surface area contributed by atoms with Gasteiger partial charge in [-0.2, -0.15) is 0 Å². The molecule has 0 radical (unpaired) electrons. The number of nitrogens with one attached hydrogen (secondary N) is 1. The monoisotopic (exact) mass is 206 g/mol. The third kappa shape index (κ3) is 1.60. The molecule has 0 aliphatic carbocycles. The topological polar surface area (TPSA) is 15.3 Å². The van der Waals surface area contributed by atoms with E-state index >= 15 is 0 Å². The Morgan fingerprint density at radius 1 is 1.36 bits per heavy atom. The van der Waals surface area contributed by atoms with Crippen molar-refractivity contribution in [2.75, 3.05) is 13.6 Å². The van der Waals surface area contributed by atoms with E-state index in [1.807, 2.05) is 7.05 Å². The van der Waals surface area contributed by atoms with Crippen LogP contribution in [0.3, 0.4) is 0 Å². The molecule has 1 aliphatic rings. The Bertz CT molecular complexity index is 345. The van der Waals surface area contributed by atoms with Crippen molar-refractivity contribution in [3.05, 3.63) is 35.4 Å². The van der Waals surface area contributed by atoms with Crippen LogP contribution in [0.2, 0.25) is 0 Å². The zero-order valence-electron chi connectivity index (χ0n) is 8.45. The van der Waals surface area contributed by atoms with Gasteiger partial charge in [0, 0.05) is 13.6 Å². The normalized spacial score (nSPS) is 21.1. The van der Waals surface area contributed by atoms with Crippen molar-refractivity contribution in [2.45, 2.75) is 13.0 Å². The van der Waals surface area contributed by atoms with Crippen molar-refractivity contribution >= 4 is 17.3 Å². The minimum atomic E-state index is 0.392. The molecule has 14 heavy (non-hydrogen) atoms. The maximum atomic E-state index is 5.16. The van der Waals surface area contributed by atoms with Crippen molar-refractivity contribution in [1.82, 2.24) is 10.2 Å². The van der Waals surface area contributed by atoms with Crippen LogP contribution in [0.15, 0.2) is 24.3 Å². The van der Waals surface area contributed by atoms with Crippen LogP contribution >= 0.6 is 12.2 Å². The molecule has 1 atom stereocenters. The Hall–Kier alpha value is -1.09. The van der Waals surface area contributed by atoms with E-state index < -0.39 is 0 Å². The summed E-state index contributed by atoms with van der Waals surface area (Å²) in [4.78, 5) is 2.11. The average Bonchev–Trinajstić information content (AvgIpc) is 2.50. The summed E-state index contributed by atoms with van der Waals surface area (Å²) in [5.74, 6) is 0. The Kier molecular flexibility index (Phi) is 2.42. The zero-order valence-corrected chi connectivity index (χ0v) is 9.27. The lowest BCUT2D eigenvalue weighted by molar-refractivity contribution is 0.429. The van der Waals surface area contributed by atoms with Crippen molar-refractivity contribution < 1.29 is 0 Å². The fraction of sp³-hybridized carbons (Fsp3) is 0.364. The van der Waals surface area contributed by atoms with Crippen LogP contribution < -0.4 is 5.32 Å². The molecule has 1 saturated heterocycles. The highest BCUT2D eigenvalue weighted by atomic mass is 32.1. The molecule has 3 heteroatoms. The standard InChI is InChI=1S/C11H14N2S/c1-8-3-5-9(6-4-8)10-7-12-11(14)13(10)2/h3-6,10H,7H2,1-2H3,(H,12,14)/t10-/m0/s1. The van der Waals surface area contributed by atoms with E-state index in [2.05, 4.69) is 41.4 Å². The number of benzene rings is 1. The van der Waals surface area contributed by atoms with E-state index in [-0.39, 0.29) is 0 Å². The number of aryl methyl sites for hydroxylation is 1. The molecule has 1 aromatic carbocycles. The first kappa shape index (κ1) is 9.46. The lowest BCUT2D eigenvalue weighted by Gasteiger charge is -2.19. The third-order valence-electron chi connectivity index (χ3n) is 2.70. The van der Waals surface area contributed by atoms with Crippen molar-refractivity contribution in [1.29, 1.82) is 0 Å². The van der Waals surface area contributed by atoms with Gasteiger partial charge in [0.25, 0.3) is 0 Å². The summed E-state index contributed by atoms with van der Waals surface area (Å²) in [5.41, 5.74) is 2.62. The molecule has 1 heterocycles. The minimum Gasteiger partial charge on any atom is -0.360 e. The number of likely N-dealkylation sites (N-methyl/N-ethyl adjacent to an activating group) is 1. The molecular formula is C11H14N2S. The molecule has 1 fully saturated rings. The van der Waals surface area contributed by atoms with E-state index in [1.165, 1.54) is 11.1 Å². The molecule has 0 spiro atoms. The zero-order chi connectivity index (χ0) is 10.1. The Balaban J connectivity index is 2.23. The first-order chi connectivity index (χ1) is 6.68. The fourth-order valence-corrected chi connectivity index (χ4v) is 1.93. The maximum absolute atomic E-state index is 5.16. The van der Waals surface area contributed by atoms with E-state index in [0.29, 0.717) is 6.04 Å². The highest BCUT2D eigenvalue weighted by molar-refractivity contribution is 7.80. The van der Waals surface area contributed by atoms with Gasteiger partial charge < -0.3 is 10.2 Å². The number of hydrogen-bond acceptors (Lipinski definition) is 1. The minimum absolute atomic E-state index is 0.392. The van der Waals surface area contributed by atoms with Crippen molar-refractivity contribution in [2.24, 2.45) is 0 Å². The Labute approximate surface area is 89.9 Å². The summed E-state index contributed by atoms with van der Waals surface area (Å²) < 4.78 is 0. The molecule has 0 bridgehead atoms. The second-order valence-corrected chi connectivity index (χ2v) is 4.11. The fourth-order valence-electron chi connectivity index (χ4n) is 1.72. The van der Waals surface area contributed by atoms with Crippen LogP contribution in [0, 0.1) is 6.92 Å². The smallest absolute Gasteiger partial charge is 0.169 e. The third-order valence-corrected chi connectivity index (χ3v) is 3.13. The van der Waals surface area contributed by atoms with Gasteiger partial charge in [0.05, 0.1) is 6.04 Å². The number of thiocarbonyl (C=S) groups is 1. The lowest BCUT2D eigenvalue weighted by Crippen LogP contribution is -2.24. The van der Waals surface area contributed by atoms with Crippen molar-refractivity contribution in [3.63, 3.8) is 0 Å². The molecule has 0 amide bonds. The maximum Gasteiger partial charge on any atom is 0.169 e. The number of rotatable bonds is 1. The number of hydrogen-bond donors (Lipinski definition) is 1. The molecule has 0 aromatic heterocycles. The van der Waals surface area contributed by atoms with Gasteiger partial charge in [-0.15, -0.1) is 0 Å². The summed E-state index contributed by atoms with van der Waals surface area (Å²) in [7, 11) is 2.03. The molecule has 1 aromatic rings. The molecular weight excluding hydrogens is 192 g/mol. The molecule has 0 unspecified atom stereocenters. The van der Waals surface area contributed by atoms with Gasteiger partial charge in [-0.05, 0) is 24.7 Å².